The first-order valence-corrected chi connectivity index (χ1v) is 12.7. The Bertz CT molecular complexity index is 1720. The maximum Gasteiger partial charge on any atom is 0.254 e. The van der Waals surface area contributed by atoms with Crippen molar-refractivity contribution in [3.05, 3.63) is 95.4 Å². The molecule has 1 aromatic carbocycles. The zero-order valence-electron chi connectivity index (χ0n) is 21.3. The molecule has 0 unspecified atom stereocenters. The number of carbonyl (C=O) groups excluding carboxylic acids is 1. The Labute approximate surface area is 226 Å². The third-order valence-corrected chi connectivity index (χ3v) is 6.84. The number of halogens is 2. The predicted molar refractivity (Wildman–Crippen MR) is 140 cm³/mol. The minimum Gasteiger partial charge on any atom is -0.618 e. The van der Waals surface area contributed by atoms with Crippen LogP contribution in [0.3, 0.4) is 0 Å². The number of hydrogen-bond donors (Lipinski definition) is 1. The monoisotopic (exact) mass is 543 g/mol. The van der Waals surface area contributed by atoms with Crippen molar-refractivity contribution in [1.29, 1.82) is 0 Å². The Balaban J connectivity index is 1.25. The predicted octanol–water partition coefficient (Wildman–Crippen LogP) is 3.86. The highest BCUT2D eigenvalue weighted by Crippen LogP contribution is 2.39. The van der Waals surface area contributed by atoms with Crippen LogP contribution in [0.4, 0.5) is 8.78 Å². The van der Waals surface area contributed by atoms with Gasteiger partial charge in [0, 0.05) is 18.0 Å². The second kappa shape index (κ2) is 10.3. The van der Waals surface area contributed by atoms with Gasteiger partial charge in [0.1, 0.15) is 34.4 Å². The summed E-state index contributed by atoms with van der Waals surface area (Å²) in [5, 5.41) is 23.7. The summed E-state index contributed by atoms with van der Waals surface area (Å²) in [7, 11) is 0. The molecule has 1 aliphatic rings. The molecule has 5 aromatic rings. The molecule has 1 amide bonds. The van der Waals surface area contributed by atoms with Crippen LogP contribution >= 0.6 is 0 Å². The molecule has 0 saturated heterocycles. The second-order valence-corrected chi connectivity index (χ2v) is 9.40. The maximum atomic E-state index is 15.0. The van der Waals surface area contributed by atoms with Crippen LogP contribution in [0, 0.1) is 16.8 Å². The maximum absolute atomic E-state index is 15.0. The van der Waals surface area contributed by atoms with Crippen molar-refractivity contribution in [3.63, 3.8) is 0 Å². The van der Waals surface area contributed by atoms with E-state index in [4.69, 9.17) is 4.74 Å². The van der Waals surface area contributed by atoms with Gasteiger partial charge in [0.2, 0.25) is 5.52 Å². The van der Waals surface area contributed by atoms with E-state index in [0.29, 0.717) is 53.0 Å². The van der Waals surface area contributed by atoms with E-state index in [9.17, 15) is 18.8 Å². The molecule has 10 nitrogen and oxygen atoms in total. The number of pyridine rings is 3. The molecule has 0 aliphatic heterocycles. The fraction of sp³-hybridized carbons (Fsp3) is 0.214. The Kier molecular flexibility index (Phi) is 6.50. The largest absolute Gasteiger partial charge is 0.618 e. The Morgan fingerprint density at radius 2 is 1.95 bits per heavy atom. The van der Waals surface area contributed by atoms with Gasteiger partial charge < -0.3 is 15.3 Å². The van der Waals surface area contributed by atoms with E-state index in [-0.39, 0.29) is 28.6 Å². The van der Waals surface area contributed by atoms with Gasteiger partial charge in [-0.25, -0.2) is 18.7 Å². The van der Waals surface area contributed by atoms with Gasteiger partial charge in [-0.3, -0.25) is 9.36 Å². The van der Waals surface area contributed by atoms with E-state index >= 15 is 0 Å². The number of rotatable bonds is 7. The standard InChI is InChI=1S/C28H23F2N7O3/c1-2-40-19-7-8-22(31-15-19)27-35-34-26(37(27)23-6-4-3-5-21(23)30)16-11-18(12-16)33-28(38)20-9-10-36(39)24-13-17(29)14-32-25(20)24/h3-10,13-16,18H,2,11-12H2,1H3,(H,33,38). The molecule has 4 heterocycles. The summed E-state index contributed by atoms with van der Waals surface area (Å²) in [6.07, 6.45) is 4.76. The number of aromatic nitrogens is 6. The third-order valence-electron chi connectivity index (χ3n) is 6.84. The molecule has 0 bridgehead atoms. The molecule has 0 radical (unpaired) electrons. The molecular formula is C28H23F2N7O3. The lowest BCUT2D eigenvalue weighted by Crippen LogP contribution is -2.44. The van der Waals surface area contributed by atoms with Gasteiger partial charge in [0.05, 0.1) is 36.3 Å². The summed E-state index contributed by atoms with van der Waals surface area (Å²) in [6.45, 7) is 2.38. The minimum absolute atomic E-state index is 0.0347. The van der Waals surface area contributed by atoms with Gasteiger partial charge in [0.25, 0.3) is 5.91 Å². The molecule has 1 N–H and O–H groups in total. The van der Waals surface area contributed by atoms with E-state index in [2.05, 4.69) is 25.5 Å². The number of fused-ring (bicyclic) bond motifs is 1. The number of ether oxygens (including phenoxy) is 1. The summed E-state index contributed by atoms with van der Waals surface area (Å²) >= 11 is 0. The fourth-order valence-electron chi connectivity index (χ4n) is 4.86. The SMILES string of the molecule is CCOc1ccc(-c2nnc(C3CC(NC(=O)c4cc[n+]([O-])c5cc(F)cnc45)C3)n2-c2ccccc2F)nc1. The van der Waals surface area contributed by atoms with Crippen LogP contribution in [0.2, 0.25) is 0 Å². The zero-order chi connectivity index (χ0) is 27.8. The van der Waals surface area contributed by atoms with Crippen LogP contribution in [-0.4, -0.2) is 43.3 Å². The number of carbonyl (C=O) groups is 1. The van der Waals surface area contributed by atoms with Crippen LogP contribution in [0.1, 0.15) is 41.9 Å². The Morgan fingerprint density at radius 1 is 1.12 bits per heavy atom. The first kappa shape index (κ1) is 25.3. The summed E-state index contributed by atoms with van der Waals surface area (Å²) in [5.41, 5.74) is 1.04. The van der Waals surface area contributed by atoms with Crippen molar-refractivity contribution < 1.29 is 23.0 Å². The molecule has 1 saturated carbocycles. The van der Waals surface area contributed by atoms with E-state index in [0.717, 1.165) is 18.5 Å². The van der Waals surface area contributed by atoms with Crippen LogP contribution in [-0.2, 0) is 0 Å². The quantitative estimate of drug-likeness (QED) is 0.244. The summed E-state index contributed by atoms with van der Waals surface area (Å²) < 4.78 is 36.2. The lowest BCUT2D eigenvalue weighted by molar-refractivity contribution is -0.577. The molecule has 1 fully saturated rings. The lowest BCUT2D eigenvalue weighted by Gasteiger charge is -2.35. The normalized spacial score (nSPS) is 16.5. The van der Waals surface area contributed by atoms with Gasteiger partial charge in [-0.2, -0.15) is 4.73 Å². The Morgan fingerprint density at radius 3 is 2.70 bits per heavy atom. The molecule has 1 aliphatic carbocycles. The van der Waals surface area contributed by atoms with Gasteiger partial charge in [-0.15, -0.1) is 10.2 Å². The van der Waals surface area contributed by atoms with Crippen molar-refractivity contribution in [2.24, 2.45) is 0 Å². The highest BCUT2D eigenvalue weighted by molar-refractivity contribution is 6.03. The molecule has 12 heteroatoms. The highest BCUT2D eigenvalue weighted by atomic mass is 19.1. The average Bonchev–Trinajstić information content (AvgIpc) is 3.36. The number of benzene rings is 1. The van der Waals surface area contributed by atoms with E-state index in [1.807, 2.05) is 6.92 Å². The van der Waals surface area contributed by atoms with Crippen molar-refractivity contribution in [2.75, 3.05) is 6.61 Å². The van der Waals surface area contributed by atoms with Crippen molar-refractivity contribution in [2.45, 2.75) is 31.7 Å². The number of amides is 1. The van der Waals surface area contributed by atoms with Crippen molar-refractivity contribution >= 4 is 16.9 Å². The number of para-hydroxylation sites is 1. The number of nitrogens with one attached hydrogen (secondary N) is 1. The topological polar surface area (TPSA) is 122 Å². The molecule has 40 heavy (non-hydrogen) atoms. The van der Waals surface area contributed by atoms with E-state index in [1.165, 1.54) is 12.1 Å². The van der Waals surface area contributed by atoms with Crippen LogP contribution in [0.5, 0.6) is 5.75 Å². The van der Waals surface area contributed by atoms with Gasteiger partial charge in [0.15, 0.2) is 12.0 Å². The third kappa shape index (κ3) is 4.57. The van der Waals surface area contributed by atoms with Crippen molar-refractivity contribution in [3.8, 4) is 23.0 Å². The molecule has 0 atom stereocenters. The molecule has 4 aromatic heterocycles. The summed E-state index contributed by atoms with van der Waals surface area (Å²) in [4.78, 5) is 21.4. The number of hydrogen-bond acceptors (Lipinski definition) is 7. The van der Waals surface area contributed by atoms with E-state index in [1.54, 1.807) is 41.1 Å². The second-order valence-electron chi connectivity index (χ2n) is 9.40. The van der Waals surface area contributed by atoms with Gasteiger partial charge in [-0.05, 0) is 44.0 Å². The van der Waals surface area contributed by atoms with Gasteiger partial charge in [-0.1, -0.05) is 12.1 Å². The summed E-state index contributed by atoms with van der Waals surface area (Å²) in [5.74, 6) is -0.102. The average molecular weight is 544 g/mol. The number of nitrogens with zero attached hydrogens (tertiary/aromatic N) is 6. The van der Waals surface area contributed by atoms with Gasteiger partial charge >= 0.3 is 0 Å². The zero-order valence-corrected chi connectivity index (χ0v) is 21.3. The smallest absolute Gasteiger partial charge is 0.254 e. The summed E-state index contributed by atoms with van der Waals surface area (Å²) in [6, 6.07) is 12.1. The van der Waals surface area contributed by atoms with Crippen molar-refractivity contribution in [1.82, 2.24) is 30.0 Å². The molecular weight excluding hydrogens is 520 g/mol. The fourth-order valence-corrected chi connectivity index (χ4v) is 4.86. The first-order chi connectivity index (χ1) is 19.4. The van der Waals surface area contributed by atoms with Crippen LogP contribution in [0.15, 0.2) is 67.1 Å². The lowest BCUT2D eigenvalue weighted by atomic mass is 9.79. The van der Waals surface area contributed by atoms with Crippen LogP contribution in [0.25, 0.3) is 28.2 Å². The molecule has 6 rings (SSSR count). The van der Waals surface area contributed by atoms with E-state index < -0.39 is 17.5 Å². The van der Waals surface area contributed by atoms with Crippen LogP contribution < -0.4 is 14.8 Å². The first-order valence-electron chi connectivity index (χ1n) is 12.7. The highest BCUT2D eigenvalue weighted by Gasteiger charge is 2.37. The Hall–Kier alpha value is -5.00. The molecule has 0 spiro atoms. The molecule has 202 valence electrons. The minimum atomic E-state index is -0.671.